The minimum absolute atomic E-state index is 0.465. The van der Waals surface area contributed by atoms with Gasteiger partial charge in [-0.05, 0) is 41.6 Å². The Balaban J connectivity index is 2.07. The second-order valence-corrected chi connectivity index (χ2v) is 7.03. The third-order valence-corrected chi connectivity index (χ3v) is 5.59. The topological polar surface area (TPSA) is 4.93 Å². The van der Waals surface area contributed by atoms with Crippen LogP contribution in [0.15, 0.2) is 72.8 Å². The Morgan fingerprint density at radius 1 is 0.720 bits per heavy atom. The van der Waals surface area contributed by atoms with Gasteiger partial charge in [0.25, 0.3) is 0 Å². The predicted octanol–water partition coefficient (Wildman–Crippen LogP) is 7.07. The molecule has 0 amide bonds. The zero-order valence-electron chi connectivity index (χ0n) is 14.7. The SMILES string of the molecule is CCC(C)n1c2cc3ccccc3cc2c2ccc3ccccc3c21. The Bertz CT molecular complexity index is 1240. The average molecular weight is 323 g/mol. The van der Waals surface area contributed by atoms with E-state index in [9.17, 15) is 0 Å². The highest BCUT2D eigenvalue weighted by Gasteiger charge is 2.17. The number of fused-ring (bicyclic) bond motifs is 6. The summed E-state index contributed by atoms with van der Waals surface area (Å²) in [4.78, 5) is 0. The van der Waals surface area contributed by atoms with E-state index in [1.807, 2.05) is 0 Å². The summed E-state index contributed by atoms with van der Waals surface area (Å²) < 4.78 is 2.55. The van der Waals surface area contributed by atoms with Crippen LogP contribution in [-0.4, -0.2) is 4.57 Å². The normalized spacial score (nSPS) is 13.2. The number of benzene rings is 4. The maximum atomic E-state index is 2.55. The van der Waals surface area contributed by atoms with Gasteiger partial charge in [-0.15, -0.1) is 0 Å². The molecule has 1 heteroatoms. The molecule has 4 aromatic carbocycles. The van der Waals surface area contributed by atoms with Crippen LogP contribution in [0.4, 0.5) is 0 Å². The molecular formula is C24H21N. The fourth-order valence-corrected chi connectivity index (χ4v) is 4.14. The van der Waals surface area contributed by atoms with Crippen molar-refractivity contribution in [2.45, 2.75) is 26.3 Å². The molecule has 0 N–H and O–H groups in total. The van der Waals surface area contributed by atoms with Crippen LogP contribution in [0.5, 0.6) is 0 Å². The summed E-state index contributed by atoms with van der Waals surface area (Å²) >= 11 is 0. The first-order valence-corrected chi connectivity index (χ1v) is 9.12. The first kappa shape index (κ1) is 14.5. The molecule has 1 heterocycles. The summed E-state index contributed by atoms with van der Waals surface area (Å²) in [6, 6.07) is 27.2. The van der Waals surface area contributed by atoms with Crippen LogP contribution in [-0.2, 0) is 0 Å². The summed E-state index contributed by atoms with van der Waals surface area (Å²) in [6.45, 7) is 4.60. The molecule has 0 saturated carbocycles. The highest BCUT2D eigenvalue weighted by Crippen LogP contribution is 2.38. The van der Waals surface area contributed by atoms with Crippen molar-refractivity contribution in [3.63, 3.8) is 0 Å². The van der Waals surface area contributed by atoms with Gasteiger partial charge in [0.2, 0.25) is 0 Å². The molecule has 0 saturated heterocycles. The third-order valence-electron chi connectivity index (χ3n) is 5.59. The van der Waals surface area contributed by atoms with Crippen molar-refractivity contribution < 1.29 is 0 Å². The summed E-state index contributed by atoms with van der Waals surface area (Å²) in [7, 11) is 0. The zero-order chi connectivity index (χ0) is 17.0. The minimum Gasteiger partial charge on any atom is -0.337 e. The van der Waals surface area contributed by atoms with Crippen LogP contribution in [0.25, 0.3) is 43.4 Å². The van der Waals surface area contributed by atoms with E-state index in [0.29, 0.717) is 6.04 Å². The highest BCUT2D eigenvalue weighted by atomic mass is 15.0. The van der Waals surface area contributed by atoms with Crippen LogP contribution in [0.3, 0.4) is 0 Å². The van der Waals surface area contributed by atoms with E-state index >= 15 is 0 Å². The monoisotopic (exact) mass is 323 g/mol. The quantitative estimate of drug-likeness (QED) is 0.327. The van der Waals surface area contributed by atoms with Gasteiger partial charge in [0.15, 0.2) is 0 Å². The summed E-state index contributed by atoms with van der Waals surface area (Å²) in [6.07, 6.45) is 1.12. The van der Waals surface area contributed by atoms with Gasteiger partial charge >= 0.3 is 0 Å². The van der Waals surface area contributed by atoms with Crippen molar-refractivity contribution in [3.8, 4) is 0 Å². The van der Waals surface area contributed by atoms with Crippen molar-refractivity contribution in [2.24, 2.45) is 0 Å². The fourth-order valence-electron chi connectivity index (χ4n) is 4.14. The van der Waals surface area contributed by atoms with E-state index < -0.39 is 0 Å². The van der Waals surface area contributed by atoms with Crippen molar-refractivity contribution >= 4 is 43.4 Å². The standard InChI is InChI=1S/C24H21N/c1-3-16(2)25-23-15-19-10-5-4-9-18(19)14-22(23)21-13-12-17-8-6-7-11-20(17)24(21)25/h4-16H,3H2,1-2H3. The largest absolute Gasteiger partial charge is 0.337 e. The molecule has 0 radical (unpaired) electrons. The van der Waals surface area contributed by atoms with Gasteiger partial charge in [-0.1, -0.05) is 67.6 Å². The van der Waals surface area contributed by atoms with E-state index in [4.69, 9.17) is 0 Å². The van der Waals surface area contributed by atoms with Gasteiger partial charge in [-0.2, -0.15) is 0 Å². The van der Waals surface area contributed by atoms with Gasteiger partial charge in [-0.25, -0.2) is 0 Å². The number of aromatic nitrogens is 1. The fraction of sp³-hybridized carbons (Fsp3) is 0.167. The third kappa shape index (κ3) is 2.02. The molecule has 5 rings (SSSR count). The van der Waals surface area contributed by atoms with Crippen LogP contribution >= 0.6 is 0 Å². The Labute approximate surface area is 147 Å². The lowest BCUT2D eigenvalue weighted by Gasteiger charge is -2.16. The van der Waals surface area contributed by atoms with Crippen molar-refractivity contribution in [1.29, 1.82) is 0 Å². The van der Waals surface area contributed by atoms with Crippen LogP contribution in [0, 0.1) is 0 Å². The highest BCUT2D eigenvalue weighted by molar-refractivity contribution is 6.19. The molecule has 0 aliphatic heterocycles. The van der Waals surface area contributed by atoms with Crippen LogP contribution in [0.2, 0.25) is 0 Å². The second kappa shape index (κ2) is 5.35. The Morgan fingerprint density at radius 2 is 1.40 bits per heavy atom. The molecule has 1 aromatic heterocycles. The zero-order valence-corrected chi connectivity index (χ0v) is 14.7. The Kier molecular flexibility index (Phi) is 3.11. The smallest absolute Gasteiger partial charge is 0.0573 e. The number of rotatable bonds is 2. The predicted molar refractivity (Wildman–Crippen MR) is 109 cm³/mol. The molecule has 1 nitrogen and oxygen atoms in total. The van der Waals surface area contributed by atoms with E-state index in [-0.39, 0.29) is 0 Å². The van der Waals surface area contributed by atoms with E-state index in [0.717, 1.165) is 6.42 Å². The molecule has 0 bridgehead atoms. The molecule has 0 aliphatic rings. The Hall–Kier alpha value is -2.80. The summed E-state index contributed by atoms with van der Waals surface area (Å²) in [5, 5.41) is 8.00. The first-order chi connectivity index (χ1) is 12.3. The lowest BCUT2D eigenvalue weighted by Crippen LogP contribution is -2.03. The van der Waals surface area contributed by atoms with Crippen LogP contribution in [0.1, 0.15) is 26.3 Å². The van der Waals surface area contributed by atoms with Gasteiger partial charge in [0, 0.05) is 22.2 Å². The minimum atomic E-state index is 0.465. The van der Waals surface area contributed by atoms with E-state index in [2.05, 4.69) is 91.2 Å². The number of hydrogen-bond acceptors (Lipinski definition) is 0. The second-order valence-electron chi connectivity index (χ2n) is 7.03. The molecular weight excluding hydrogens is 302 g/mol. The lowest BCUT2D eigenvalue weighted by molar-refractivity contribution is 0.564. The van der Waals surface area contributed by atoms with Crippen molar-refractivity contribution in [2.75, 3.05) is 0 Å². The van der Waals surface area contributed by atoms with E-state index in [1.54, 1.807) is 0 Å². The summed E-state index contributed by atoms with van der Waals surface area (Å²) in [5.74, 6) is 0. The molecule has 0 fully saturated rings. The molecule has 0 spiro atoms. The molecule has 0 aliphatic carbocycles. The molecule has 1 atom stereocenters. The maximum absolute atomic E-state index is 2.55. The first-order valence-electron chi connectivity index (χ1n) is 9.12. The molecule has 25 heavy (non-hydrogen) atoms. The van der Waals surface area contributed by atoms with Gasteiger partial charge in [-0.3, -0.25) is 0 Å². The molecule has 122 valence electrons. The number of nitrogens with zero attached hydrogens (tertiary/aromatic N) is 1. The van der Waals surface area contributed by atoms with Gasteiger partial charge in [0.1, 0.15) is 0 Å². The van der Waals surface area contributed by atoms with Crippen molar-refractivity contribution in [3.05, 3.63) is 72.8 Å². The maximum Gasteiger partial charge on any atom is 0.0573 e. The van der Waals surface area contributed by atoms with Crippen LogP contribution < -0.4 is 0 Å². The summed E-state index contributed by atoms with van der Waals surface area (Å²) in [5.41, 5.74) is 2.72. The van der Waals surface area contributed by atoms with Crippen molar-refractivity contribution in [1.82, 2.24) is 4.57 Å². The van der Waals surface area contributed by atoms with Gasteiger partial charge < -0.3 is 4.57 Å². The molecule has 5 aromatic rings. The van der Waals surface area contributed by atoms with E-state index in [1.165, 1.54) is 43.4 Å². The Morgan fingerprint density at radius 3 is 2.16 bits per heavy atom. The average Bonchev–Trinajstić information content (AvgIpc) is 2.99. The number of hydrogen-bond donors (Lipinski definition) is 0. The van der Waals surface area contributed by atoms with Gasteiger partial charge in [0.05, 0.1) is 11.0 Å². The molecule has 1 unspecified atom stereocenters. The lowest BCUT2D eigenvalue weighted by atomic mass is 10.0.